The van der Waals surface area contributed by atoms with Gasteiger partial charge in [0, 0.05) is 12.8 Å². The number of ketones is 1. The molecule has 1 aliphatic carbocycles. The monoisotopic (exact) mass is 426 g/mol. The number of hydrogen-bond acceptors (Lipinski definition) is 7. The van der Waals surface area contributed by atoms with Crippen molar-refractivity contribution in [2.75, 3.05) is 14.2 Å². The minimum absolute atomic E-state index is 0.0799. The van der Waals surface area contributed by atoms with Gasteiger partial charge in [0.1, 0.15) is 17.9 Å². The molecule has 0 saturated heterocycles. The molecule has 0 bridgehead atoms. The summed E-state index contributed by atoms with van der Waals surface area (Å²) in [6, 6.07) is -1.65. The smallest absolute Gasteiger partial charge is 0.328 e. The van der Waals surface area contributed by atoms with E-state index in [1.54, 1.807) is 0 Å². The van der Waals surface area contributed by atoms with Gasteiger partial charge in [-0.25, -0.2) is 9.59 Å². The number of ether oxygens (including phenoxy) is 2. The fraction of sp³-hybridized carbons (Fsp3) is 0.762. The molecular formula is C21H34N2O7. The number of Topliss-reactive ketones (excluding diaryl/α,β-unsaturated/α-hetero) is 1. The van der Waals surface area contributed by atoms with Crippen LogP contribution < -0.4 is 10.6 Å². The van der Waals surface area contributed by atoms with Crippen LogP contribution in [0.5, 0.6) is 0 Å². The van der Waals surface area contributed by atoms with Gasteiger partial charge in [-0.2, -0.15) is 0 Å². The topological polar surface area (TPSA) is 128 Å². The molecule has 0 spiro atoms. The molecule has 1 saturated carbocycles. The van der Waals surface area contributed by atoms with Crippen molar-refractivity contribution in [2.45, 2.75) is 77.3 Å². The van der Waals surface area contributed by atoms with Gasteiger partial charge in [-0.15, -0.1) is 0 Å². The summed E-state index contributed by atoms with van der Waals surface area (Å²) in [4.78, 5) is 61.6. The van der Waals surface area contributed by atoms with Crippen molar-refractivity contribution in [3.8, 4) is 0 Å². The summed E-state index contributed by atoms with van der Waals surface area (Å²) in [6.07, 6.45) is 3.76. The second-order valence-electron chi connectivity index (χ2n) is 7.61. The van der Waals surface area contributed by atoms with Gasteiger partial charge in [-0.05, 0) is 12.8 Å². The first-order valence-electron chi connectivity index (χ1n) is 10.6. The number of carbonyl (C=O) groups excluding carboxylic acids is 5. The van der Waals surface area contributed by atoms with Gasteiger partial charge in [0.2, 0.25) is 11.8 Å². The van der Waals surface area contributed by atoms with Gasteiger partial charge < -0.3 is 20.1 Å². The highest BCUT2D eigenvalue weighted by atomic mass is 16.5. The van der Waals surface area contributed by atoms with E-state index in [1.165, 1.54) is 14.2 Å². The molecule has 4 atom stereocenters. The zero-order valence-corrected chi connectivity index (χ0v) is 18.3. The molecule has 0 unspecified atom stereocenters. The zero-order valence-electron chi connectivity index (χ0n) is 18.3. The molecule has 0 aromatic rings. The van der Waals surface area contributed by atoms with Crippen molar-refractivity contribution in [3.05, 3.63) is 0 Å². The van der Waals surface area contributed by atoms with Crippen LogP contribution in [-0.4, -0.2) is 55.8 Å². The van der Waals surface area contributed by atoms with Gasteiger partial charge >= 0.3 is 11.9 Å². The van der Waals surface area contributed by atoms with Crippen LogP contribution in [0.15, 0.2) is 0 Å². The molecule has 170 valence electrons. The van der Waals surface area contributed by atoms with Crippen LogP contribution in [0.3, 0.4) is 0 Å². The predicted octanol–water partition coefficient (Wildman–Crippen LogP) is 1.28. The van der Waals surface area contributed by atoms with Crippen LogP contribution in [0.2, 0.25) is 0 Å². The van der Waals surface area contributed by atoms with Gasteiger partial charge in [0.05, 0.1) is 26.1 Å². The second-order valence-corrected chi connectivity index (χ2v) is 7.61. The van der Waals surface area contributed by atoms with Crippen molar-refractivity contribution >= 4 is 29.5 Å². The summed E-state index contributed by atoms with van der Waals surface area (Å²) < 4.78 is 9.49. The third-order valence-electron chi connectivity index (χ3n) is 5.35. The Morgan fingerprint density at radius 3 is 1.50 bits per heavy atom. The number of unbranched alkanes of at least 4 members (excludes halogenated alkanes) is 2. The minimum atomic E-state index is -0.893. The maximum atomic E-state index is 12.8. The van der Waals surface area contributed by atoms with Gasteiger partial charge in [-0.1, -0.05) is 39.5 Å². The maximum Gasteiger partial charge on any atom is 0.328 e. The predicted molar refractivity (Wildman–Crippen MR) is 108 cm³/mol. The highest BCUT2D eigenvalue weighted by Gasteiger charge is 2.43. The Morgan fingerprint density at radius 2 is 1.20 bits per heavy atom. The lowest BCUT2D eigenvalue weighted by atomic mass is 9.93. The van der Waals surface area contributed by atoms with E-state index >= 15 is 0 Å². The molecule has 1 rings (SSSR count). The lowest BCUT2D eigenvalue weighted by molar-refractivity contribution is -0.147. The number of rotatable bonds is 12. The Hall–Kier alpha value is -2.45. The van der Waals surface area contributed by atoms with Gasteiger partial charge in [-0.3, -0.25) is 14.4 Å². The van der Waals surface area contributed by atoms with E-state index in [1.807, 2.05) is 13.8 Å². The molecule has 1 aliphatic rings. The van der Waals surface area contributed by atoms with E-state index in [9.17, 15) is 24.0 Å². The number of amides is 2. The first-order valence-corrected chi connectivity index (χ1v) is 10.6. The summed E-state index contributed by atoms with van der Waals surface area (Å²) >= 11 is 0. The van der Waals surface area contributed by atoms with E-state index in [0.717, 1.165) is 12.8 Å². The van der Waals surface area contributed by atoms with Crippen LogP contribution in [-0.2, 0) is 33.4 Å². The highest BCUT2D eigenvalue weighted by molar-refractivity contribution is 5.99. The van der Waals surface area contributed by atoms with Crippen LogP contribution >= 0.6 is 0 Å². The summed E-state index contributed by atoms with van der Waals surface area (Å²) in [5.74, 6) is -4.18. The van der Waals surface area contributed by atoms with E-state index in [4.69, 9.17) is 9.47 Å². The van der Waals surface area contributed by atoms with Crippen LogP contribution in [0.1, 0.15) is 65.2 Å². The van der Waals surface area contributed by atoms with Crippen molar-refractivity contribution in [1.82, 2.24) is 10.6 Å². The largest absolute Gasteiger partial charge is 0.467 e. The Bertz CT molecular complexity index is 583. The van der Waals surface area contributed by atoms with Crippen LogP contribution in [0, 0.1) is 11.8 Å². The molecule has 0 radical (unpaired) electrons. The molecule has 9 nitrogen and oxygen atoms in total. The molecule has 0 aromatic carbocycles. The van der Waals surface area contributed by atoms with Crippen molar-refractivity contribution in [3.63, 3.8) is 0 Å². The van der Waals surface area contributed by atoms with E-state index in [-0.39, 0.29) is 18.6 Å². The molecule has 2 N–H and O–H groups in total. The van der Waals surface area contributed by atoms with Gasteiger partial charge in [0.25, 0.3) is 0 Å². The molecule has 0 heterocycles. The lowest BCUT2D eigenvalue weighted by Crippen LogP contribution is -2.49. The first kappa shape index (κ1) is 25.6. The summed E-state index contributed by atoms with van der Waals surface area (Å²) in [7, 11) is 2.48. The third kappa shape index (κ3) is 7.42. The maximum absolute atomic E-state index is 12.8. The fourth-order valence-electron chi connectivity index (χ4n) is 3.57. The number of hydrogen-bond donors (Lipinski definition) is 2. The van der Waals surface area contributed by atoms with E-state index in [2.05, 4.69) is 10.6 Å². The van der Waals surface area contributed by atoms with Crippen molar-refractivity contribution in [1.29, 1.82) is 0 Å². The van der Waals surface area contributed by atoms with E-state index in [0.29, 0.717) is 25.7 Å². The Morgan fingerprint density at radius 1 is 0.833 bits per heavy atom. The SMILES string of the molecule is CCCC[C@H](NC(=O)[C@@H]1CC(=O)C[C@H]1C(=O)N[C@@H](CCCC)C(=O)OC)C(=O)OC. The molecular weight excluding hydrogens is 392 g/mol. The minimum Gasteiger partial charge on any atom is -0.467 e. The average Bonchev–Trinajstić information content (AvgIpc) is 3.14. The normalized spacial score (nSPS) is 20.2. The molecule has 30 heavy (non-hydrogen) atoms. The Kier molecular flexibility index (Phi) is 11.1. The molecule has 2 amide bonds. The summed E-state index contributed by atoms with van der Waals surface area (Å²) in [6.45, 7) is 3.92. The highest BCUT2D eigenvalue weighted by Crippen LogP contribution is 2.30. The van der Waals surface area contributed by atoms with Crippen LogP contribution in [0.4, 0.5) is 0 Å². The number of nitrogens with one attached hydrogen (secondary N) is 2. The van der Waals surface area contributed by atoms with Crippen LogP contribution in [0.25, 0.3) is 0 Å². The third-order valence-corrected chi connectivity index (χ3v) is 5.35. The first-order chi connectivity index (χ1) is 14.3. The summed E-state index contributed by atoms with van der Waals surface area (Å²) in [5.41, 5.74) is 0. The van der Waals surface area contributed by atoms with E-state index < -0.39 is 47.7 Å². The molecule has 0 aliphatic heterocycles. The standard InChI is InChI=1S/C21H34N2O7/c1-5-7-9-16(20(27)29-3)22-18(25)14-11-13(24)12-15(14)19(26)23-17(10-8-6-2)21(28)30-4/h14-17H,5-12H2,1-4H3,(H,22,25)(H,23,26)/t14-,15-,16+,17+/m1/s1. The van der Waals surface area contributed by atoms with Crippen molar-refractivity contribution < 1.29 is 33.4 Å². The number of esters is 2. The molecule has 9 heteroatoms. The number of methoxy groups -OCH3 is 2. The summed E-state index contributed by atoms with van der Waals surface area (Å²) in [5, 5.41) is 5.27. The zero-order chi connectivity index (χ0) is 22.7. The lowest BCUT2D eigenvalue weighted by Gasteiger charge is -2.23. The van der Waals surface area contributed by atoms with Crippen molar-refractivity contribution in [2.24, 2.45) is 11.8 Å². The average molecular weight is 427 g/mol. The van der Waals surface area contributed by atoms with Gasteiger partial charge in [0.15, 0.2) is 0 Å². The molecule has 0 aromatic heterocycles. The Balaban J connectivity index is 2.88. The quantitative estimate of drug-likeness (QED) is 0.450. The molecule has 1 fully saturated rings. The Labute approximate surface area is 177 Å². The fourth-order valence-corrected chi connectivity index (χ4v) is 3.57. The number of carbonyl (C=O) groups is 5. The second kappa shape index (κ2) is 13.0.